The highest BCUT2D eigenvalue weighted by Crippen LogP contribution is 2.30. The van der Waals surface area contributed by atoms with Crippen LogP contribution in [0.25, 0.3) is 11.3 Å². The number of aromatic nitrogens is 6. The van der Waals surface area contributed by atoms with Crippen LogP contribution in [0.3, 0.4) is 0 Å². The molecule has 1 aromatic carbocycles. The number of fused-ring (bicyclic) bond motifs is 1. The van der Waals surface area contributed by atoms with Crippen LogP contribution < -0.4 is 10.6 Å². The normalized spacial score (nSPS) is 16.7. The van der Waals surface area contributed by atoms with E-state index in [4.69, 9.17) is 9.40 Å². The standard InChI is InChI=1S/C28H35N9O3/c1-17(38)14-37-11-9-18-12-19(22-8-10-29-27(33-22)31-20-13-30-36(5)15-20)6-7-21(18)23(16-37)32-24(39)25-34-35-26(40-25)28(2,3)4/h6-8,10,12-13,15,17,23,38H,9,11,14,16H2,1-5H3,(H,32,39)(H,29,31,33)/t17-,23+/m0/s1. The number of aliphatic hydroxyl groups excluding tert-OH is 1. The van der Waals surface area contributed by atoms with Crippen molar-refractivity contribution < 1.29 is 14.3 Å². The van der Waals surface area contributed by atoms with Crippen LogP contribution in [0, 0.1) is 0 Å². The molecule has 1 aliphatic heterocycles. The van der Waals surface area contributed by atoms with Crippen LogP contribution in [0.1, 0.15) is 61.4 Å². The van der Waals surface area contributed by atoms with Crippen LogP contribution in [-0.2, 0) is 18.9 Å². The van der Waals surface area contributed by atoms with Crippen molar-refractivity contribution in [2.24, 2.45) is 7.05 Å². The molecule has 0 bridgehead atoms. The summed E-state index contributed by atoms with van der Waals surface area (Å²) in [5.74, 6) is 0.386. The fourth-order valence-corrected chi connectivity index (χ4v) is 4.74. The van der Waals surface area contributed by atoms with Crippen LogP contribution in [-0.4, -0.2) is 71.6 Å². The predicted molar refractivity (Wildman–Crippen MR) is 149 cm³/mol. The van der Waals surface area contributed by atoms with E-state index in [1.807, 2.05) is 52.2 Å². The Morgan fingerprint density at radius 1 is 1.25 bits per heavy atom. The Balaban J connectivity index is 1.41. The molecule has 12 heteroatoms. The Morgan fingerprint density at radius 2 is 2.08 bits per heavy atom. The average molecular weight is 546 g/mol. The molecule has 2 atom stereocenters. The monoisotopic (exact) mass is 545 g/mol. The van der Waals surface area contributed by atoms with Crippen molar-refractivity contribution in [3.63, 3.8) is 0 Å². The van der Waals surface area contributed by atoms with Gasteiger partial charge in [0.25, 0.3) is 0 Å². The van der Waals surface area contributed by atoms with Gasteiger partial charge >= 0.3 is 11.8 Å². The van der Waals surface area contributed by atoms with Gasteiger partial charge in [0.2, 0.25) is 11.8 Å². The van der Waals surface area contributed by atoms with Crippen molar-refractivity contribution in [1.29, 1.82) is 0 Å². The van der Waals surface area contributed by atoms with Crippen molar-refractivity contribution >= 4 is 17.5 Å². The number of benzene rings is 1. The molecular weight excluding hydrogens is 510 g/mol. The van der Waals surface area contributed by atoms with E-state index in [1.54, 1.807) is 24.0 Å². The van der Waals surface area contributed by atoms with E-state index < -0.39 is 12.0 Å². The van der Waals surface area contributed by atoms with Crippen molar-refractivity contribution in [2.75, 3.05) is 25.0 Å². The van der Waals surface area contributed by atoms with E-state index in [0.717, 1.165) is 41.0 Å². The summed E-state index contributed by atoms with van der Waals surface area (Å²) in [6.45, 7) is 9.38. The summed E-state index contributed by atoms with van der Waals surface area (Å²) >= 11 is 0. The van der Waals surface area contributed by atoms with Gasteiger partial charge in [0, 0.05) is 50.1 Å². The predicted octanol–water partition coefficient (Wildman–Crippen LogP) is 3.01. The Morgan fingerprint density at radius 3 is 2.77 bits per heavy atom. The molecule has 0 fully saturated rings. The number of hydrogen-bond acceptors (Lipinski definition) is 10. The first-order chi connectivity index (χ1) is 19.0. The van der Waals surface area contributed by atoms with Crippen LogP contribution in [0.4, 0.5) is 11.6 Å². The molecule has 0 unspecified atom stereocenters. The molecule has 0 spiro atoms. The maximum absolute atomic E-state index is 13.2. The SMILES string of the molecule is C[C@H](O)CN1CCc2cc(-c3ccnc(Nc4cnn(C)c4)n3)ccc2[C@H](NC(=O)c2nnc(C(C)(C)C)o2)C1. The number of nitrogens with zero attached hydrogens (tertiary/aromatic N) is 7. The van der Waals surface area contributed by atoms with Crippen LogP contribution >= 0.6 is 0 Å². The number of anilines is 2. The zero-order valence-electron chi connectivity index (χ0n) is 23.4. The van der Waals surface area contributed by atoms with Gasteiger partial charge < -0.3 is 20.2 Å². The van der Waals surface area contributed by atoms with Crippen LogP contribution in [0.15, 0.2) is 47.3 Å². The second-order valence-corrected chi connectivity index (χ2v) is 11.3. The van der Waals surface area contributed by atoms with Crippen molar-refractivity contribution in [3.8, 4) is 11.3 Å². The van der Waals surface area contributed by atoms with Crippen molar-refractivity contribution in [2.45, 2.75) is 51.7 Å². The third-order valence-corrected chi connectivity index (χ3v) is 6.66. The summed E-state index contributed by atoms with van der Waals surface area (Å²) in [6, 6.07) is 7.68. The minimum absolute atomic E-state index is 0.0657. The van der Waals surface area contributed by atoms with Gasteiger partial charge in [-0.05, 0) is 36.6 Å². The third-order valence-electron chi connectivity index (χ3n) is 6.66. The Labute approximate surface area is 232 Å². The van der Waals surface area contributed by atoms with E-state index in [0.29, 0.717) is 24.9 Å². The first kappa shape index (κ1) is 27.4. The molecule has 3 aromatic heterocycles. The minimum atomic E-state index is -0.495. The number of amides is 1. The highest BCUT2D eigenvalue weighted by Gasteiger charge is 2.29. The van der Waals surface area contributed by atoms with Crippen LogP contribution in [0.2, 0.25) is 0 Å². The van der Waals surface area contributed by atoms with E-state index in [-0.39, 0.29) is 17.3 Å². The molecule has 0 radical (unpaired) electrons. The number of carbonyl (C=O) groups is 1. The average Bonchev–Trinajstić information content (AvgIpc) is 3.52. The lowest BCUT2D eigenvalue weighted by Gasteiger charge is -2.26. The van der Waals surface area contributed by atoms with Gasteiger partial charge in [0.15, 0.2) is 0 Å². The van der Waals surface area contributed by atoms with E-state index >= 15 is 0 Å². The molecular formula is C28H35N9O3. The van der Waals surface area contributed by atoms with E-state index in [9.17, 15) is 9.90 Å². The number of rotatable bonds is 7. The summed E-state index contributed by atoms with van der Waals surface area (Å²) in [4.78, 5) is 24.4. The molecule has 4 heterocycles. The lowest BCUT2D eigenvalue weighted by Crippen LogP contribution is -2.40. The first-order valence-corrected chi connectivity index (χ1v) is 13.3. The lowest BCUT2D eigenvalue weighted by atomic mass is 9.96. The molecule has 12 nitrogen and oxygen atoms in total. The highest BCUT2D eigenvalue weighted by atomic mass is 16.4. The van der Waals surface area contributed by atoms with Gasteiger partial charge in [-0.15, -0.1) is 10.2 Å². The molecule has 0 saturated heterocycles. The van der Waals surface area contributed by atoms with Gasteiger partial charge in [0.05, 0.1) is 29.7 Å². The zero-order valence-corrected chi connectivity index (χ0v) is 23.4. The number of nitrogens with one attached hydrogen (secondary N) is 2. The van der Waals surface area contributed by atoms with E-state index in [2.05, 4.69) is 41.9 Å². The van der Waals surface area contributed by atoms with Gasteiger partial charge in [-0.25, -0.2) is 9.97 Å². The maximum atomic E-state index is 13.2. The largest absolute Gasteiger partial charge is 0.416 e. The minimum Gasteiger partial charge on any atom is -0.416 e. The molecule has 4 aromatic rings. The van der Waals surface area contributed by atoms with Gasteiger partial charge in [-0.2, -0.15) is 5.10 Å². The summed E-state index contributed by atoms with van der Waals surface area (Å²) in [7, 11) is 1.85. The topological polar surface area (TPSA) is 147 Å². The Bertz CT molecular complexity index is 1490. The third kappa shape index (κ3) is 6.35. The number of carbonyl (C=O) groups excluding carboxylic acids is 1. The lowest BCUT2D eigenvalue weighted by molar-refractivity contribution is 0.0871. The number of hydrogen-bond donors (Lipinski definition) is 3. The molecule has 0 saturated carbocycles. The fourth-order valence-electron chi connectivity index (χ4n) is 4.74. The van der Waals surface area contributed by atoms with Crippen molar-refractivity contribution in [1.82, 2.24) is 40.2 Å². The summed E-state index contributed by atoms with van der Waals surface area (Å²) in [5, 5.41) is 28.6. The fraction of sp³-hybridized carbons (Fsp3) is 0.429. The molecule has 1 aliphatic rings. The maximum Gasteiger partial charge on any atom is 0.309 e. The molecule has 40 heavy (non-hydrogen) atoms. The highest BCUT2D eigenvalue weighted by molar-refractivity contribution is 5.89. The molecule has 0 aliphatic carbocycles. The number of aryl methyl sites for hydroxylation is 1. The zero-order chi connectivity index (χ0) is 28.4. The van der Waals surface area contributed by atoms with Crippen LogP contribution in [0.5, 0.6) is 0 Å². The second-order valence-electron chi connectivity index (χ2n) is 11.3. The first-order valence-electron chi connectivity index (χ1n) is 13.3. The van der Waals surface area contributed by atoms with Gasteiger partial charge in [-0.3, -0.25) is 14.4 Å². The molecule has 1 amide bonds. The molecule has 210 valence electrons. The quantitative estimate of drug-likeness (QED) is 0.317. The molecule has 5 rings (SSSR count). The number of aliphatic hydroxyl groups is 1. The Kier molecular flexibility index (Phi) is 7.63. The second kappa shape index (κ2) is 11.1. The van der Waals surface area contributed by atoms with E-state index in [1.165, 1.54) is 0 Å². The summed E-state index contributed by atoms with van der Waals surface area (Å²) in [5.41, 5.74) is 4.25. The molecule has 3 N–H and O–H groups in total. The summed E-state index contributed by atoms with van der Waals surface area (Å²) in [6.07, 6.45) is 5.54. The van der Waals surface area contributed by atoms with Gasteiger partial charge in [0.1, 0.15) is 0 Å². The van der Waals surface area contributed by atoms with Gasteiger partial charge in [-0.1, -0.05) is 32.9 Å². The summed E-state index contributed by atoms with van der Waals surface area (Å²) < 4.78 is 7.39. The number of β-amino-alcohol motifs (C(OH)–C–C–N with tert-alkyl or cyclic N) is 1. The smallest absolute Gasteiger partial charge is 0.309 e. The van der Waals surface area contributed by atoms with Crippen molar-refractivity contribution in [3.05, 3.63) is 65.8 Å². The Hall–Kier alpha value is -4.16.